The molecule has 10 nitrogen and oxygen atoms in total. The highest BCUT2D eigenvalue weighted by molar-refractivity contribution is 7.91. The van der Waals surface area contributed by atoms with Crippen LogP contribution in [0.1, 0.15) is 30.4 Å². The first kappa shape index (κ1) is 21.3. The molecule has 4 rings (SSSR count). The molecule has 2 aromatic rings. The molecule has 1 N–H and O–H groups in total. The molecule has 0 bridgehead atoms. The van der Waals surface area contributed by atoms with Crippen LogP contribution in [-0.2, 0) is 19.4 Å². The van der Waals surface area contributed by atoms with E-state index in [0.717, 1.165) is 0 Å². The summed E-state index contributed by atoms with van der Waals surface area (Å²) < 4.78 is 34.0. The van der Waals surface area contributed by atoms with E-state index >= 15 is 0 Å². The zero-order chi connectivity index (χ0) is 22.0. The fraction of sp³-hybridized carbons (Fsp3) is 0.450. The van der Waals surface area contributed by atoms with E-state index in [4.69, 9.17) is 8.83 Å². The zero-order valence-electron chi connectivity index (χ0n) is 17.1. The van der Waals surface area contributed by atoms with Gasteiger partial charge < -0.3 is 14.2 Å². The summed E-state index contributed by atoms with van der Waals surface area (Å²) in [5.74, 6) is 0.644. The Morgan fingerprint density at radius 3 is 2.65 bits per heavy atom. The fourth-order valence-electron chi connectivity index (χ4n) is 3.82. The van der Waals surface area contributed by atoms with Crippen molar-refractivity contribution in [3.8, 4) is 0 Å². The Bertz CT molecular complexity index is 1060. The molecule has 0 aromatic carbocycles. The van der Waals surface area contributed by atoms with Crippen molar-refractivity contribution in [1.29, 1.82) is 0 Å². The molecule has 2 aliphatic heterocycles. The van der Waals surface area contributed by atoms with Crippen LogP contribution in [0.25, 0.3) is 0 Å². The smallest absolute Gasteiger partial charge is 0.257 e. The van der Waals surface area contributed by atoms with Crippen LogP contribution in [0.15, 0.2) is 50.7 Å². The Morgan fingerprint density at radius 1 is 1.23 bits per heavy atom. The van der Waals surface area contributed by atoms with Crippen molar-refractivity contribution < 1.29 is 26.8 Å². The summed E-state index contributed by atoms with van der Waals surface area (Å²) in [4.78, 5) is 26.8. The summed E-state index contributed by atoms with van der Waals surface area (Å²) in [6.45, 7) is -0.0706. The summed E-state index contributed by atoms with van der Waals surface area (Å²) in [5, 5.41) is 8.55. The lowest BCUT2D eigenvalue weighted by Gasteiger charge is -2.23. The lowest BCUT2D eigenvalue weighted by atomic mass is 10.1. The van der Waals surface area contributed by atoms with Gasteiger partial charge in [-0.2, -0.15) is 5.10 Å². The molecule has 0 radical (unpaired) electrons. The average molecular weight is 449 g/mol. The van der Waals surface area contributed by atoms with E-state index in [1.54, 1.807) is 48.7 Å². The molecule has 2 amide bonds. The van der Waals surface area contributed by atoms with E-state index in [-0.39, 0.29) is 42.5 Å². The number of rotatable bonds is 7. The van der Waals surface area contributed by atoms with Crippen LogP contribution in [0.4, 0.5) is 0 Å². The van der Waals surface area contributed by atoms with E-state index < -0.39 is 15.9 Å². The molecule has 4 heterocycles. The fourth-order valence-corrected chi connectivity index (χ4v) is 5.49. The van der Waals surface area contributed by atoms with Gasteiger partial charge in [-0.25, -0.2) is 13.4 Å². The SMILES string of the molecule is CN(CC(=O)NC1CCS(=O)(=O)C1)CC(=O)N1N=C(c2ccco2)CC1c1ccco1. The van der Waals surface area contributed by atoms with Gasteiger partial charge in [-0.3, -0.25) is 14.5 Å². The van der Waals surface area contributed by atoms with Crippen LogP contribution in [0.2, 0.25) is 0 Å². The quantitative estimate of drug-likeness (QED) is 0.664. The molecule has 2 aromatic heterocycles. The normalized spacial score (nSPS) is 22.6. The van der Waals surface area contributed by atoms with Gasteiger partial charge in [0.1, 0.15) is 23.3 Å². The predicted octanol–water partition coefficient (Wildman–Crippen LogP) is 0.785. The molecule has 31 heavy (non-hydrogen) atoms. The highest BCUT2D eigenvalue weighted by Crippen LogP contribution is 2.33. The topological polar surface area (TPSA) is 125 Å². The van der Waals surface area contributed by atoms with Crippen LogP contribution in [0.3, 0.4) is 0 Å². The minimum Gasteiger partial charge on any atom is -0.467 e. The van der Waals surface area contributed by atoms with Gasteiger partial charge >= 0.3 is 0 Å². The number of sulfone groups is 1. The Morgan fingerprint density at radius 2 is 2.00 bits per heavy atom. The van der Waals surface area contributed by atoms with Crippen LogP contribution in [0.5, 0.6) is 0 Å². The molecular weight excluding hydrogens is 424 g/mol. The molecule has 1 saturated heterocycles. The highest BCUT2D eigenvalue weighted by Gasteiger charge is 2.36. The maximum atomic E-state index is 13.0. The van der Waals surface area contributed by atoms with Crippen LogP contribution >= 0.6 is 0 Å². The van der Waals surface area contributed by atoms with Crippen LogP contribution in [0, 0.1) is 0 Å². The number of furan rings is 2. The van der Waals surface area contributed by atoms with Crippen LogP contribution in [-0.4, -0.2) is 73.5 Å². The number of hydrazone groups is 1. The third kappa shape index (κ3) is 5.05. The number of hydrogen-bond acceptors (Lipinski definition) is 8. The first-order chi connectivity index (χ1) is 14.8. The number of amides is 2. The summed E-state index contributed by atoms with van der Waals surface area (Å²) in [6.07, 6.45) is 3.96. The molecule has 0 saturated carbocycles. The van der Waals surface area contributed by atoms with E-state index in [2.05, 4.69) is 10.4 Å². The summed E-state index contributed by atoms with van der Waals surface area (Å²) in [5.41, 5.74) is 0.641. The van der Waals surface area contributed by atoms with Crippen molar-refractivity contribution in [2.45, 2.75) is 24.9 Å². The Balaban J connectivity index is 1.38. The van der Waals surface area contributed by atoms with Crippen molar-refractivity contribution in [2.24, 2.45) is 5.10 Å². The van der Waals surface area contributed by atoms with Crippen molar-refractivity contribution in [2.75, 3.05) is 31.6 Å². The molecule has 0 spiro atoms. The van der Waals surface area contributed by atoms with Crippen molar-refractivity contribution >= 4 is 27.4 Å². The second kappa shape index (κ2) is 8.67. The van der Waals surface area contributed by atoms with Gasteiger partial charge in [-0.1, -0.05) is 0 Å². The molecule has 11 heteroatoms. The van der Waals surface area contributed by atoms with Gasteiger partial charge in [0.25, 0.3) is 5.91 Å². The van der Waals surface area contributed by atoms with E-state index in [0.29, 0.717) is 30.1 Å². The monoisotopic (exact) mass is 448 g/mol. The lowest BCUT2D eigenvalue weighted by Crippen LogP contribution is -2.44. The first-order valence-electron chi connectivity index (χ1n) is 9.96. The maximum absolute atomic E-state index is 13.0. The van der Waals surface area contributed by atoms with Crippen molar-refractivity contribution in [3.63, 3.8) is 0 Å². The van der Waals surface area contributed by atoms with Gasteiger partial charge in [-0.15, -0.1) is 0 Å². The third-order valence-electron chi connectivity index (χ3n) is 5.26. The number of nitrogens with one attached hydrogen (secondary N) is 1. The van der Waals surface area contributed by atoms with Crippen LogP contribution < -0.4 is 5.32 Å². The molecule has 166 valence electrons. The summed E-state index contributed by atoms with van der Waals surface area (Å²) in [7, 11) is -1.42. The maximum Gasteiger partial charge on any atom is 0.257 e. The largest absolute Gasteiger partial charge is 0.467 e. The molecule has 1 fully saturated rings. The minimum absolute atomic E-state index is 0.0314. The minimum atomic E-state index is -3.07. The van der Waals surface area contributed by atoms with E-state index in [1.807, 2.05) is 0 Å². The van der Waals surface area contributed by atoms with Crippen molar-refractivity contribution in [3.05, 3.63) is 48.3 Å². The Hall–Kier alpha value is -2.92. The third-order valence-corrected chi connectivity index (χ3v) is 7.03. The average Bonchev–Trinajstić information content (AvgIpc) is 3.48. The van der Waals surface area contributed by atoms with Gasteiger partial charge in [0, 0.05) is 12.5 Å². The molecule has 0 aliphatic carbocycles. The Labute approximate surface area is 179 Å². The van der Waals surface area contributed by atoms with E-state index in [9.17, 15) is 18.0 Å². The number of nitrogens with zero attached hydrogens (tertiary/aromatic N) is 3. The molecule has 2 aliphatic rings. The first-order valence-corrected chi connectivity index (χ1v) is 11.8. The molecule has 2 unspecified atom stereocenters. The number of hydrogen-bond donors (Lipinski definition) is 1. The molecule has 2 atom stereocenters. The number of carbonyl (C=O) groups excluding carboxylic acids is 2. The van der Waals surface area contributed by atoms with Gasteiger partial charge in [-0.05, 0) is 37.7 Å². The van der Waals surface area contributed by atoms with E-state index in [1.165, 1.54) is 5.01 Å². The molecular formula is C20H24N4O6S. The highest BCUT2D eigenvalue weighted by atomic mass is 32.2. The predicted molar refractivity (Wildman–Crippen MR) is 111 cm³/mol. The number of likely N-dealkylation sites (N-methyl/N-ethyl adjacent to an activating group) is 1. The summed E-state index contributed by atoms with van der Waals surface area (Å²) >= 11 is 0. The second-order valence-electron chi connectivity index (χ2n) is 7.84. The lowest BCUT2D eigenvalue weighted by molar-refractivity contribution is -0.134. The van der Waals surface area contributed by atoms with Crippen molar-refractivity contribution in [1.82, 2.24) is 15.2 Å². The number of carbonyl (C=O) groups is 2. The Kier molecular flexibility index (Phi) is 5.96. The van der Waals surface area contributed by atoms with Gasteiger partial charge in [0.2, 0.25) is 5.91 Å². The zero-order valence-corrected chi connectivity index (χ0v) is 17.9. The van der Waals surface area contributed by atoms with Gasteiger partial charge in [0.15, 0.2) is 9.84 Å². The van der Waals surface area contributed by atoms with Gasteiger partial charge in [0.05, 0.1) is 37.1 Å². The standard InChI is InChI=1S/C20H24N4O6S/c1-23(11-19(25)21-14-6-9-31(27,28)13-14)12-20(26)24-16(18-5-3-8-30-18)10-15(22-24)17-4-2-7-29-17/h2-5,7-8,14,16H,6,9-13H2,1H3,(H,21,25). The summed E-state index contributed by atoms with van der Waals surface area (Å²) in [6, 6.07) is 6.32. The second-order valence-corrected chi connectivity index (χ2v) is 10.1.